The van der Waals surface area contributed by atoms with E-state index in [2.05, 4.69) is 11.9 Å². The van der Waals surface area contributed by atoms with Gasteiger partial charge in [-0.15, -0.1) is 0 Å². The highest BCUT2D eigenvalue weighted by molar-refractivity contribution is 7.89. The molecule has 3 aromatic rings. The highest BCUT2D eigenvalue weighted by atomic mass is 32.2. The normalized spacial score (nSPS) is 16.9. The van der Waals surface area contributed by atoms with Gasteiger partial charge in [-0.25, -0.2) is 13.4 Å². The second-order valence-corrected chi connectivity index (χ2v) is 9.57. The summed E-state index contributed by atoms with van der Waals surface area (Å²) in [6.45, 7) is 7.27. The lowest BCUT2D eigenvalue weighted by molar-refractivity contribution is 0.288. The highest BCUT2D eigenvalue weighted by Crippen LogP contribution is 2.29. The Morgan fingerprint density at radius 1 is 1.07 bits per heavy atom. The van der Waals surface area contributed by atoms with E-state index in [0.29, 0.717) is 23.9 Å². The molecule has 3 heterocycles. The smallest absolute Gasteiger partial charge is 0.243 e. The molecule has 1 aliphatic rings. The molecule has 1 aromatic carbocycles. The highest BCUT2D eigenvalue weighted by Gasteiger charge is 2.29. The molecule has 0 amide bonds. The lowest BCUT2D eigenvalue weighted by Gasteiger charge is -2.30. The van der Waals surface area contributed by atoms with Crippen molar-refractivity contribution in [3.63, 3.8) is 0 Å². The molecule has 0 N–H and O–H groups in total. The van der Waals surface area contributed by atoms with E-state index in [1.54, 1.807) is 10.4 Å². The summed E-state index contributed by atoms with van der Waals surface area (Å²) in [7, 11) is -3.48. The van der Waals surface area contributed by atoms with Crippen LogP contribution >= 0.6 is 0 Å². The van der Waals surface area contributed by atoms with Gasteiger partial charge >= 0.3 is 0 Å². The molecule has 0 aliphatic carbocycles. The zero-order valence-corrected chi connectivity index (χ0v) is 16.8. The van der Waals surface area contributed by atoms with Crippen molar-refractivity contribution < 1.29 is 8.42 Å². The monoisotopic (exact) mass is 383 g/mol. The predicted octanol–water partition coefficient (Wildman–Crippen LogP) is 4.04. The van der Waals surface area contributed by atoms with E-state index in [1.165, 1.54) is 0 Å². The molecule has 5 nitrogen and oxygen atoms in total. The SMILES string of the molecule is Cc1ccn2cc(-c3ccc(C)c(S(=O)(=O)N4CCC(C)CC4)c3)nc2c1. The Kier molecular flexibility index (Phi) is 4.56. The van der Waals surface area contributed by atoms with Gasteiger partial charge in [0.05, 0.1) is 10.6 Å². The van der Waals surface area contributed by atoms with Crippen LogP contribution in [0.5, 0.6) is 0 Å². The van der Waals surface area contributed by atoms with Gasteiger partial charge < -0.3 is 4.40 Å². The topological polar surface area (TPSA) is 54.7 Å². The van der Waals surface area contributed by atoms with Gasteiger partial charge in [0.15, 0.2) is 0 Å². The Morgan fingerprint density at radius 2 is 1.81 bits per heavy atom. The van der Waals surface area contributed by atoms with Crippen LogP contribution in [-0.4, -0.2) is 35.2 Å². The first-order valence-corrected chi connectivity index (χ1v) is 10.8. The number of aromatic nitrogens is 2. The number of sulfonamides is 1. The summed E-state index contributed by atoms with van der Waals surface area (Å²) in [5.41, 5.74) is 4.39. The van der Waals surface area contributed by atoms with Crippen LogP contribution in [-0.2, 0) is 10.0 Å². The van der Waals surface area contributed by atoms with Crippen molar-refractivity contribution in [1.29, 1.82) is 0 Å². The van der Waals surface area contributed by atoms with Crippen LogP contribution in [0.4, 0.5) is 0 Å². The lowest BCUT2D eigenvalue weighted by Crippen LogP contribution is -2.38. The second kappa shape index (κ2) is 6.77. The maximum Gasteiger partial charge on any atom is 0.243 e. The lowest BCUT2D eigenvalue weighted by atomic mass is 10.0. The number of rotatable bonds is 3. The van der Waals surface area contributed by atoms with E-state index < -0.39 is 10.0 Å². The maximum absolute atomic E-state index is 13.2. The number of piperidine rings is 1. The summed E-state index contributed by atoms with van der Waals surface area (Å²) in [6, 6.07) is 9.65. The number of imidazole rings is 1. The van der Waals surface area contributed by atoms with Crippen molar-refractivity contribution in [3.05, 3.63) is 53.9 Å². The Balaban J connectivity index is 1.74. The second-order valence-electron chi connectivity index (χ2n) is 7.66. The summed E-state index contributed by atoms with van der Waals surface area (Å²) in [5.74, 6) is 0.588. The molecule has 0 spiro atoms. The van der Waals surface area contributed by atoms with Gasteiger partial charge in [0, 0.05) is 31.0 Å². The number of fused-ring (bicyclic) bond motifs is 1. The van der Waals surface area contributed by atoms with E-state index in [1.807, 2.05) is 54.9 Å². The third-order valence-corrected chi connectivity index (χ3v) is 7.50. The van der Waals surface area contributed by atoms with Crippen LogP contribution in [0.3, 0.4) is 0 Å². The molecular weight excluding hydrogens is 358 g/mol. The fourth-order valence-corrected chi connectivity index (χ4v) is 5.34. The van der Waals surface area contributed by atoms with Crippen molar-refractivity contribution in [2.45, 2.75) is 38.5 Å². The number of pyridine rings is 1. The van der Waals surface area contributed by atoms with E-state index in [4.69, 9.17) is 0 Å². The number of hydrogen-bond acceptors (Lipinski definition) is 3. The Morgan fingerprint density at radius 3 is 2.56 bits per heavy atom. The van der Waals surface area contributed by atoms with E-state index in [9.17, 15) is 8.42 Å². The van der Waals surface area contributed by atoms with Crippen LogP contribution in [0.25, 0.3) is 16.9 Å². The molecule has 1 fully saturated rings. The van der Waals surface area contributed by atoms with Crippen LogP contribution in [0.2, 0.25) is 0 Å². The minimum atomic E-state index is -3.48. The number of nitrogens with zero attached hydrogens (tertiary/aromatic N) is 3. The zero-order valence-electron chi connectivity index (χ0n) is 16.0. The minimum Gasteiger partial charge on any atom is -0.306 e. The van der Waals surface area contributed by atoms with E-state index in [-0.39, 0.29) is 0 Å². The summed E-state index contributed by atoms with van der Waals surface area (Å²) in [5, 5.41) is 0. The van der Waals surface area contributed by atoms with Crippen molar-refractivity contribution in [3.8, 4) is 11.3 Å². The van der Waals surface area contributed by atoms with Crippen molar-refractivity contribution in [2.75, 3.05) is 13.1 Å². The number of hydrogen-bond donors (Lipinski definition) is 0. The van der Waals surface area contributed by atoms with Crippen LogP contribution in [0.15, 0.2) is 47.6 Å². The largest absolute Gasteiger partial charge is 0.306 e. The van der Waals surface area contributed by atoms with Gasteiger partial charge in [-0.3, -0.25) is 0 Å². The molecule has 4 rings (SSSR count). The quantitative estimate of drug-likeness (QED) is 0.686. The third-order valence-electron chi connectivity index (χ3n) is 5.46. The summed E-state index contributed by atoms with van der Waals surface area (Å²) < 4.78 is 30.0. The Labute approximate surface area is 160 Å². The summed E-state index contributed by atoms with van der Waals surface area (Å²) >= 11 is 0. The molecule has 6 heteroatoms. The predicted molar refractivity (Wildman–Crippen MR) is 107 cm³/mol. The molecule has 0 radical (unpaired) electrons. The fourth-order valence-electron chi connectivity index (χ4n) is 3.62. The first-order valence-electron chi connectivity index (χ1n) is 9.41. The molecule has 0 bridgehead atoms. The molecule has 1 aliphatic heterocycles. The average Bonchev–Trinajstić information content (AvgIpc) is 3.05. The maximum atomic E-state index is 13.2. The van der Waals surface area contributed by atoms with Crippen LogP contribution in [0, 0.1) is 19.8 Å². The van der Waals surface area contributed by atoms with Gasteiger partial charge in [0.1, 0.15) is 5.65 Å². The summed E-state index contributed by atoms with van der Waals surface area (Å²) in [6.07, 6.45) is 5.76. The summed E-state index contributed by atoms with van der Waals surface area (Å²) in [4.78, 5) is 5.07. The van der Waals surface area contributed by atoms with Crippen molar-refractivity contribution in [2.24, 2.45) is 5.92 Å². The first-order chi connectivity index (χ1) is 12.8. The fraction of sp³-hybridized carbons (Fsp3) is 0.381. The molecule has 0 atom stereocenters. The molecular formula is C21H25N3O2S. The standard InChI is InChI=1S/C21H25N3O2S/c1-15-7-10-24(11-8-15)27(25,26)20-13-18(5-4-17(20)3)19-14-23-9-6-16(2)12-21(23)22-19/h4-6,9,12-15H,7-8,10-11H2,1-3H3. The minimum absolute atomic E-state index is 0.391. The van der Waals surface area contributed by atoms with Crippen molar-refractivity contribution >= 4 is 15.7 Å². The van der Waals surface area contributed by atoms with Gasteiger partial charge in [-0.05, 0) is 61.9 Å². The Hall–Kier alpha value is -2.18. The van der Waals surface area contributed by atoms with Gasteiger partial charge in [0.25, 0.3) is 0 Å². The molecule has 142 valence electrons. The molecule has 27 heavy (non-hydrogen) atoms. The van der Waals surface area contributed by atoms with Gasteiger partial charge in [-0.1, -0.05) is 19.1 Å². The van der Waals surface area contributed by atoms with Gasteiger partial charge in [-0.2, -0.15) is 4.31 Å². The number of benzene rings is 1. The van der Waals surface area contributed by atoms with E-state index in [0.717, 1.165) is 40.9 Å². The third kappa shape index (κ3) is 3.39. The van der Waals surface area contributed by atoms with Crippen LogP contribution in [0.1, 0.15) is 30.9 Å². The average molecular weight is 384 g/mol. The molecule has 2 aromatic heterocycles. The molecule has 0 unspecified atom stereocenters. The van der Waals surface area contributed by atoms with Crippen LogP contribution < -0.4 is 0 Å². The van der Waals surface area contributed by atoms with Gasteiger partial charge in [0.2, 0.25) is 10.0 Å². The molecule has 1 saturated heterocycles. The zero-order chi connectivity index (χ0) is 19.2. The number of aryl methyl sites for hydroxylation is 2. The van der Waals surface area contributed by atoms with E-state index >= 15 is 0 Å². The van der Waals surface area contributed by atoms with Crippen molar-refractivity contribution in [1.82, 2.24) is 13.7 Å². The Bertz CT molecular complexity index is 1090. The first kappa shape index (κ1) is 18.2. The molecule has 0 saturated carbocycles.